The maximum absolute atomic E-state index is 12.2. The molecule has 1 heterocycles. The predicted molar refractivity (Wildman–Crippen MR) is 68.2 cm³/mol. The lowest BCUT2D eigenvalue weighted by atomic mass is 10.1. The monoisotopic (exact) mass is 375 g/mol. The van der Waals surface area contributed by atoms with Crippen molar-refractivity contribution >= 4 is 34.4 Å². The van der Waals surface area contributed by atoms with Crippen molar-refractivity contribution in [3.8, 4) is 0 Å². The topological polar surface area (TPSA) is 37.4 Å². The van der Waals surface area contributed by atoms with Gasteiger partial charge in [0.1, 0.15) is 3.92 Å². The molecule has 0 aromatic rings. The first-order valence-corrected chi connectivity index (χ1v) is 6.81. The maximum atomic E-state index is 12.2. The summed E-state index contributed by atoms with van der Waals surface area (Å²) in [5.74, 6) is -0.691. The Kier molecular flexibility index (Phi) is 5.61. The van der Waals surface area contributed by atoms with Crippen LogP contribution in [-0.4, -0.2) is 33.4 Å². The summed E-state index contributed by atoms with van der Waals surface area (Å²) in [5, 5.41) is 0. The van der Waals surface area contributed by atoms with E-state index in [0.29, 0.717) is 19.3 Å². The minimum absolute atomic E-state index is 0.0736. The van der Waals surface area contributed by atoms with Crippen LogP contribution >= 0.6 is 22.6 Å². The third kappa shape index (κ3) is 4.58. The summed E-state index contributed by atoms with van der Waals surface area (Å²) in [5.41, 5.74) is 0. The van der Waals surface area contributed by atoms with Crippen LogP contribution in [0.5, 0.6) is 0 Å². The molecule has 0 spiro atoms. The van der Waals surface area contributed by atoms with Crippen LogP contribution in [0.4, 0.5) is 13.2 Å². The Bertz CT molecular complexity index is 337. The number of rotatable bonds is 6. The van der Waals surface area contributed by atoms with Crippen LogP contribution in [0.1, 0.15) is 25.7 Å². The molecule has 0 N–H and O–H groups in total. The van der Waals surface area contributed by atoms with Gasteiger partial charge in [0.2, 0.25) is 0 Å². The van der Waals surface area contributed by atoms with E-state index in [1.165, 1.54) is 34.7 Å². The first-order chi connectivity index (χ1) is 8.32. The van der Waals surface area contributed by atoms with Crippen LogP contribution in [0.2, 0.25) is 0 Å². The van der Waals surface area contributed by atoms with Gasteiger partial charge in [-0.25, -0.2) is 0 Å². The molecule has 0 radical (unpaired) electrons. The Morgan fingerprint density at radius 1 is 1.11 bits per heavy atom. The number of alkyl halides is 4. The second kappa shape index (κ2) is 6.53. The zero-order valence-electron chi connectivity index (χ0n) is 9.54. The second-order valence-corrected chi connectivity index (χ2v) is 5.52. The van der Waals surface area contributed by atoms with E-state index in [1.807, 2.05) is 0 Å². The molecule has 3 nitrogen and oxygen atoms in total. The van der Waals surface area contributed by atoms with E-state index in [0.717, 1.165) is 4.90 Å². The molecule has 1 rings (SSSR count). The van der Waals surface area contributed by atoms with E-state index < -0.39 is 10.1 Å². The molecular weight excluding hydrogens is 362 g/mol. The van der Waals surface area contributed by atoms with Crippen LogP contribution in [-0.2, 0) is 9.59 Å². The highest BCUT2D eigenvalue weighted by Crippen LogP contribution is 2.30. The molecular formula is C11H13F3INO2. The van der Waals surface area contributed by atoms with Crippen LogP contribution in [0.15, 0.2) is 12.2 Å². The molecule has 1 aliphatic rings. The van der Waals surface area contributed by atoms with Crippen LogP contribution in [0, 0.1) is 0 Å². The van der Waals surface area contributed by atoms with Crippen molar-refractivity contribution in [3.05, 3.63) is 12.2 Å². The Labute approximate surface area is 117 Å². The molecule has 0 saturated heterocycles. The van der Waals surface area contributed by atoms with Gasteiger partial charge < -0.3 is 0 Å². The number of hydrogen-bond acceptors (Lipinski definition) is 2. The molecule has 0 saturated carbocycles. The van der Waals surface area contributed by atoms with E-state index in [9.17, 15) is 22.8 Å². The fourth-order valence-electron chi connectivity index (χ4n) is 1.59. The molecule has 0 fully saturated rings. The summed E-state index contributed by atoms with van der Waals surface area (Å²) < 4.78 is 35.3. The smallest absolute Gasteiger partial charge is 0.275 e. The number of imide groups is 1. The van der Waals surface area contributed by atoms with Crippen LogP contribution < -0.4 is 0 Å². The highest BCUT2D eigenvalue weighted by Gasteiger charge is 2.36. The van der Waals surface area contributed by atoms with E-state index in [-0.39, 0.29) is 24.8 Å². The van der Waals surface area contributed by atoms with E-state index in [4.69, 9.17) is 0 Å². The Morgan fingerprint density at radius 3 is 2.17 bits per heavy atom. The lowest BCUT2D eigenvalue weighted by molar-refractivity contribution is -0.136. The van der Waals surface area contributed by atoms with Crippen molar-refractivity contribution in [1.29, 1.82) is 0 Å². The molecule has 7 heteroatoms. The molecule has 0 aromatic carbocycles. The summed E-state index contributed by atoms with van der Waals surface area (Å²) in [4.78, 5) is 23.4. The highest BCUT2D eigenvalue weighted by atomic mass is 127. The molecule has 1 aliphatic heterocycles. The zero-order chi connectivity index (χ0) is 13.8. The minimum Gasteiger partial charge on any atom is -0.275 e. The van der Waals surface area contributed by atoms with Gasteiger partial charge in [0.25, 0.3) is 11.8 Å². The van der Waals surface area contributed by atoms with Gasteiger partial charge in [-0.05, 0) is 12.8 Å². The van der Waals surface area contributed by atoms with Crippen LogP contribution in [0.25, 0.3) is 0 Å². The Hall–Kier alpha value is -0.600. The van der Waals surface area contributed by atoms with Crippen molar-refractivity contribution < 1.29 is 22.8 Å². The molecule has 102 valence electrons. The van der Waals surface area contributed by atoms with Crippen molar-refractivity contribution in [1.82, 2.24) is 4.90 Å². The Morgan fingerprint density at radius 2 is 1.67 bits per heavy atom. The summed E-state index contributed by atoms with van der Waals surface area (Å²) in [6.45, 7) is 0.280. The Balaban J connectivity index is 2.13. The average Bonchev–Trinajstić information content (AvgIpc) is 2.58. The molecule has 0 unspecified atom stereocenters. The van der Waals surface area contributed by atoms with Crippen molar-refractivity contribution in [2.24, 2.45) is 0 Å². The largest absolute Gasteiger partial charge is 0.400 e. The van der Waals surface area contributed by atoms with E-state index in [1.54, 1.807) is 0 Å². The number of carbonyl (C=O) groups is 2. The normalized spacial score (nSPS) is 17.7. The summed E-state index contributed by atoms with van der Waals surface area (Å²) in [6.07, 6.45) is -0.112. The number of nitrogens with zero attached hydrogens (tertiary/aromatic N) is 1. The third-order valence-electron chi connectivity index (χ3n) is 2.60. The van der Waals surface area contributed by atoms with E-state index >= 15 is 0 Å². The fraction of sp³-hybridized carbons (Fsp3) is 0.636. The lowest BCUT2D eigenvalue weighted by Crippen LogP contribution is -2.30. The molecule has 0 aliphatic carbocycles. The molecule has 18 heavy (non-hydrogen) atoms. The third-order valence-corrected chi connectivity index (χ3v) is 3.92. The van der Waals surface area contributed by atoms with Gasteiger partial charge in [0, 0.05) is 18.7 Å². The zero-order valence-corrected chi connectivity index (χ0v) is 11.7. The summed E-state index contributed by atoms with van der Waals surface area (Å²) in [7, 11) is 0. The van der Waals surface area contributed by atoms with Gasteiger partial charge in [0.15, 0.2) is 0 Å². The first kappa shape index (κ1) is 15.5. The molecule has 2 amide bonds. The van der Waals surface area contributed by atoms with Gasteiger partial charge in [-0.3, -0.25) is 14.5 Å². The average molecular weight is 375 g/mol. The van der Waals surface area contributed by atoms with Gasteiger partial charge in [-0.1, -0.05) is 35.4 Å². The predicted octanol–water partition coefficient (Wildman–Crippen LogP) is 2.84. The number of amides is 2. The number of hydrogen-bond donors (Lipinski definition) is 0. The molecule has 0 aromatic heterocycles. The van der Waals surface area contributed by atoms with Gasteiger partial charge in [-0.15, -0.1) is 0 Å². The number of halogens is 4. The molecule has 1 atom stereocenters. The van der Waals surface area contributed by atoms with E-state index in [2.05, 4.69) is 0 Å². The number of carbonyl (C=O) groups excluding carboxylic acids is 2. The standard InChI is InChI=1S/C11H13F3INO2/c12-11(13,14)8(15)4-2-1-3-7-16-9(17)5-6-10(16)18/h5-6,8H,1-4,7H2/t8-/m1/s1. The van der Waals surface area contributed by atoms with Crippen molar-refractivity contribution in [3.63, 3.8) is 0 Å². The fourth-order valence-corrected chi connectivity index (χ4v) is 2.03. The van der Waals surface area contributed by atoms with Gasteiger partial charge >= 0.3 is 6.18 Å². The first-order valence-electron chi connectivity index (χ1n) is 5.56. The highest BCUT2D eigenvalue weighted by molar-refractivity contribution is 14.1. The minimum atomic E-state index is -4.15. The maximum Gasteiger partial charge on any atom is 0.400 e. The van der Waals surface area contributed by atoms with Crippen LogP contribution in [0.3, 0.4) is 0 Å². The lowest BCUT2D eigenvalue weighted by Gasteiger charge is -2.15. The SMILES string of the molecule is O=C1C=CC(=O)N1CCCCC[C@@H](I)C(F)(F)F. The van der Waals surface area contributed by atoms with Gasteiger partial charge in [0.05, 0.1) is 0 Å². The molecule has 0 bridgehead atoms. The number of unbranched alkanes of at least 4 members (excludes halogenated alkanes) is 2. The van der Waals surface area contributed by atoms with Crippen molar-refractivity contribution in [2.45, 2.75) is 35.8 Å². The summed E-state index contributed by atoms with van der Waals surface area (Å²) >= 11 is 1.39. The quantitative estimate of drug-likeness (QED) is 0.310. The second-order valence-electron chi connectivity index (χ2n) is 4.02. The van der Waals surface area contributed by atoms with Gasteiger partial charge in [-0.2, -0.15) is 13.2 Å². The van der Waals surface area contributed by atoms with Crippen molar-refractivity contribution in [2.75, 3.05) is 6.54 Å². The summed E-state index contributed by atoms with van der Waals surface area (Å²) in [6, 6.07) is 0.